The Morgan fingerprint density at radius 2 is 0.865 bits per heavy atom. The van der Waals surface area contributed by atoms with E-state index in [1.807, 2.05) is 0 Å². The summed E-state index contributed by atoms with van der Waals surface area (Å²) in [6.07, 6.45) is -2.70. The van der Waals surface area contributed by atoms with E-state index in [0.717, 1.165) is 0 Å². The fraction of sp³-hybridized carbons (Fsp3) is 0.524. The van der Waals surface area contributed by atoms with Crippen LogP contribution in [0.4, 0.5) is 17.6 Å². The molecule has 37 heavy (non-hydrogen) atoms. The molecule has 0 unspecified atom stereocenters. The highest BCUT2D eigenvalue weighted by Gasteiger charge is 2.55. The molecule has 208 valence electrons. The van der Waals surface area contributed by atoms with Gasteiger partial charge >= 0.3 is 47.7 Å². The van der Waals surface area contributed by atoms with Gasteiger partial charge in [-0.3, -0.25) is 0 Å². The maximum Gasteiger partial charge on any atom is 0.377 e. The second kappa shape index (κ2) is 15.2. The molecule has 0 atom stereocenters. The molecule has 0 aromatic carbocycles. The molecular formula is C21H24F4O12. The monoisotopic (exact) mass is 544 g/mol. The summed E-state index contributed by atoms with van der Waals surface area (Å²) in [6.45, 7) is 4.57. The summed E-state index contributed by atoms with van der Waals surface area (Å²) in [5.74, 6) is -19.4. The number of carbonyl (C=O) groups is 6. The molecule has 0 radical (unpaired) electrons. The average molecular weight is 544 g/mol. The van der Waals surface area contributed by atoms with Crippen molar-refractivity contribution in [3.05, 3.63) is 24.3 Å². The molecule has 0 saturated carbocycles. The molecule has 0 fully saturated rings. The van der Waals surface area contributed by atoms with Gasteiger partial charge in [-0.15, -0.1) is 0 Å². The molecule has 0 aliphatic carbocycles. The zero-order valence-corrected chi connectivity index (χ0v) is 19.8. The topological polar surface area (TPSA) is 158 Å². The van der Waals surface area contributed by atoms with Gasteiger partial charge in [0.15, 0.2) is 13.2 Å². The molecule has 0 aromatic heterocycles. The highest BCUT2D eigenvalue weighted by molar-refractivity contribution is 5.87. The molecule has 0 spiro atoms. The zero-order valence-electron chi connectivity index (χ0n) is 19.8. The van der Waals surface area contributed by atoms with Gasteiger partial charge in [-0.1, -0.05) is 13.2 Å². The number of rotatable bonds is 16. The van der Waals surface area contributed by atoms with E-state index in [4.69, 9.17) is 0 Å². The average Bonchev–Trinajstić information content (AvgIpc) is 2.79. The summed E-state index contributed by atoms with van der Waals surface area (Å²) in [6, 6.07) is 0. The third-order valence-electron chi connectivity index (χ3n) is 3.54. The minimum Gasteiger partial charge on any atom is -0.460 e. The van der Waals surface area contributed by atoms with Crippen LogP contribution in [0.25, 0.3) is 0 Å². The van der Waals surface area contributed by atoms with Crippen LogP contribution in [0.3, 0.4) is 0 Å². The Hall–Kier alpha value is -3.98. The maximum atomic E-state index is 13.8. The summed E-state index contributed by atoms with van der Waals surface area (Å²) in [5.41, 5.74) is 0.115. The Morgan fingerprint density at radius 3 is 1.16 bits per heavy atom. The van der Waals surface area contributed by atoms with Gasteiger partial charge in [-0.25, -0.2) is 28.8 Å². The van der Waals surface area contributed by atoms with E-state index in [9.17, 15) is 46.3 Å². The van der Waals surface area contributed by atoms with E-state index in [0.29, 0.717) is 0 Å². The highest BCUT2D eigenvalue weighted by Crippen LogP contribution is 2.32. The highest BCUT2D eigenvalue weighted by atomic mass is 19.3. The largest absolute Gasteiger partial charge is 0.460 e. The Labute approximate surface area is 207 Å². The van der Waals surface area contributed by atoms with Gasteiger partial charge in [0.05, 0.1) is 6.42 Å². The molecule has 0 rings (SSSR count). The quantitative estimate of drug-likeness (QED) is 0.0896. The van der Waals surface area contributed by atoms with Crippen LogP contribution in [-0.2, 0) is 57.2 Å². The van der Waals surface area contributed by atoms with Crippen molar-refractivity contribution in [2.24, 2.45) is 0 Å². The van der Waals surface area contributed by atoms with Crippen LogP contribution in [0, 0.1) is 0 Å². The SMILES string of the molecule is C=C(C)C(=O)OCCOC(=O)COC(=O)C(F)(F)CC(F)(F)C(=O)OCC(=O)OCCOC(=O)C(=C)C. The Morgan fingerprint density at radius 1 is 0.568 bits per heavy atom. The van der Waals surface area contributed by atoms with E-state index in [2.05, 4.69) is 41.6 Å². The number of esters is 6. The van der Waals surface area contributed by atoms with Crippen molar-refractivity contribution in [1.29, 1.82) is 0 Å². The maximum absolute atomic E-state index is 13.8. The summed E-state index contributed by atoms with van der Waals surface area (Å²) in [7, 11) is 0. The van der Waals surface area contributed by atoms with Gasteiger partial charge in [-0.05, 0) is 13.8 Å². The van der Waals surface area contributed by atoms with Crippen molar-refractivity contribution >= 4 is 35.8 Å². The van der Waals surface area contributed by atoms with E-state index in [1.165, 1.54) is 13.8 Å². The van der Waals surface area contributed by atoms with Gasteiger partial charge in [0.2, 0.25) is 0 Å². The lowest BCUT2D eigenvalue weighted by atomic mass is 10.1. The minimum absolute atomic E-state index is 0.0573. The molecule has 0 amide bonds. The first-order chi connectivity index (χ1) is 17.0. The summed E-state index contributed by atoms with van der Waals surface area (Å²) >= 11 is 0. The summed E-state index contributed by atoms with van der Waals surface area (Å²) < 4.78 is 81.0. The van der Waals surface area contributed by atoms with Gasteiger partial charge < -0.3 is 28.4 Å². The zero-order chi connectivity index (χ0) is 28.8. The van der Waals surface area contributed by atoms with Crippen LogP contribution in [0.15, 0.2) is 24.3 Å². The first-order valence-corrected chi connectivity index (χ1v) is 10.1. The first-order valence-electron chi connectivity index (χ1n) is 10.1. The van der Waals surface area contributed by atoms with Crippen LogP contribution in [-0.4, -0.2) is 87.3 Å². The third-order valence-corrected chi connectivity index (χ3v) is 3.54. The molecular weight excluding hydrogens is 520 g/mol. The van der Waals surface area contributed by atoms with Crippen LogP contribution in [0.2, 0.25) is 0 Å². The molecule has 12 nitrogen and oxygen atoms in total. The van der Waals surface area contributed by atoms with Crippen molar-refractivity contribution in [1.82, 2.24) is 0 Å². The van der Waals surface area contributed by atoms with Gasteiger partial charge in [0.25, 0.3) is 0 Å². The van der Waals surface area contributed by atoms with Crippen molar-refractivity contribution in [2.45, 2.75) is 32.1 Å². The van der Waals surface area contributed by atoms with E-state index < -0.39 is 93.7 Å². The number of halogens is 4. The third kappa shape index (κ3) is 13.6. The second-order valence-electron chi connectivity index (χ2n) is 7.01. The molecule has 0 N–H and O–H groups in total. The molecule has 16 heteroatoms. The lowest BCUT2D eigenvalue weighted by Crippen LogP contribution is -2.43. The standard InChI is InChI=1S/C21H24F4O12/c1-12(2)16(28)34-7-5-32-14(26)9-36-18(30)20(22,23)11-21(24,25)19(31)37-10-15(27)33-6-8-35-17(29)13(3)4/h1,3,5-11H2,2,4H3. The number of alkyl halides is 4. The summed E-state index contributed by atoms with van der Waals surface area (Å²) in [5, 5.41) is 0. The van der Waals surface area contributed by atoms with Crippen LogP contribution < -0.4 is 0 Å². The summed E-state index contributed by atoms with van der Waals surface area (Å²) in [4.78, 5) is 67.7. The molecule has 0 bridgehead atoms. The molecule has 0 saturated heterocycles. The van der Waals surface area contributed by atoms with E-state index >= 15 is 0 Å². The fourth-order valence-corrected chi connectivity index (χ4v) is 1.79. The van der Waals surface area contributed by atoms with Crippen molar-refractivity contribution < 1.29 is 74.8 Å². The number of ether oxygens (including phenoxy) is 6. The van der Waals surface area contributed by atoms with Crippen LogP contribution >= 0.6 is 0 Å². The van der Waals surface area contributed by atoms with Crippen molar-refractivity contribution in [3.8, 4) is 0 Å². The smallest absolute Gasteiger partial charge is 0.377 e. The molecule has 0 aliphatic heterocycles. The van der Waals surface area contributed by atoms with E-state index in [1.54, 1.807) is 0 Å². The Bertz CT molecular complexity index is 841. The molecule has 0 aromatic rings. The minimum atomic E-state index is -4.95. The van der Waals surface area contributed by atoms with E-state index in [-0.39, 0.29) is 11.1 Å². The fourth-order valence-electron chi connectivity index (χ4n) is 1.79. The predicted octanol–water partition coefficient (Wildman–Crippen LogP) is 1.06. The number of hydrogen-bond donors (Lipinski definition) is 0. The van der Waals surface area contributed by atoms with Crippen LogP contribution in [0.1, 0.15) is 20.3 Å². The predicted molar refractivity (Wildman–Crippen MR) is 110 cm³/mol. The van der Waals surface area contributed by atoms with Gasteiger partial charge in [-0.2, -0.15) is 17.6 Å². The van der Waals surface area contributed by atoms with Gasteiger partial charge in [0.1, 0.15) is 26.4 Å². The Balaban J connectivity index is 4.47. The normalized spacial score (nSPS) is 11.0. The number of carbonyl (C=O) groups excluding carboxylic acids is 6. The van der Waals surface area contributed by atoms with Crippen molar-refractivity contribution in [2.75, 3.05) is 39.6 Å². The van der Waals surface area contributed by atoms with Crippen molar-refractivity contribution in [3.63, 3.8) is 0 Å². The van der Waals surface area contributed by atoms with Gasteiger partial charge in [0, 0.05) is 11.1 Å². The lowest BCUT2D eigenvalue weighted by molar-refractivity contribution is -0.199. The molecule has 0 aliphatic rings. The Kier molecular flexibility index (Phi) is 13.6. The van der Waals surface area contributed by atoms with Crippen LogP contribution in [0.5, 0.6) is 0 Å². The second-order valence-corrected chi connectivity index (χ2v) is 7.01. The molecule has 0 heterocycles. The lowest BCUT2D eigenvalue weighted by Gasteiger charge is -2.20. The first kappa shape index (κ1) is 33.0. The number of hydrogen-bond acceptors (Lipinski definition) is 12.